The fourth-order valence-electron chi connectivity index (χ4n) is 2.13. The molecule has 1 heterocycles. The van der Waals surface area contributed by atoms with Gasteiger partial charge >= 0.3 is 0 Å². The molecule has 5 heteroatoms. The maximum atomic E-state index is 5.29. The van der Waals surface area contributed by atoms with Gasteiger partial charge in [0.1, 0.15) is 5.75 Å². The number of hydrogen-bond donors (Lipinski definition) is 2. The summed E-state index contributed by atoms with van der Waals surface area (Å²) in [6.45, 7) is 3.37. The zero-order valence-corrected chi connectivity index (χ0v) is 13.3. The maximum absolute atomic E-state index is 5.29. The monoisotopic (exact) mass is 298 g/mol. The first-order valence-corrected chi connectivity index (χ1v) is 7.20. The van der Waals surface area contributed by atoms with Crippen LogP contribution in [0.4, 0.5) is 0 Å². The van der Waals surface area contributed by atoms with Gasteiger partial charge in [-0.1, -0.05) is 12.1 Å². The SMILES string of the molecule is CN=C(NCc1cc(C)cc(OC)c1)NCc1ccccn1. The van der Waals surface area contributed by atoms with E-state index in [0.29, 0.717) is 13.1 Å². The smallest absolute Gasteiger partial charge is 0.191 e. The predicted molar refractivity (Wildman–Crippen MR) is 89.0 cm³/mol. The summed E-state index contributed by atoms with van der Waals surface area (Å²) in [6, 6.07) is 12.0. The summed E-state index contributed by atoms with van der Waals surface area (Å²) in [4.78, 5) is 8.49. The van der Waals surface area contributed by atoms with Gasteiger partial charge in [0.2, 0.25) is 0 Å². The van der Waals surface area contributed by atoms with Crippen molar-refractivity contribution >= 4 is 5.96 Å². The molecule has 2 aromatic rings. The lowest BCUT2D eigenvalue weighted by Gasteiger charge is -2.12. The molecule has 1 aromatic carbocycles. The average Bonchev–Trinajstić information content (AvgIpc) is 2.55. The van der Waals surface area contributed by atoms with E-state index in [9.17, 15) is 0 Å². The van der Waals surface area contributed by atoms with E-state index in [4.69, 9.17) is 4.74 Å². The van der Waals surface area contributed by atoms with E-state index in [1.165, 1.54) is 5.56 Å². The van der Waals surface area contributed by atoms with E-state index < -0.39 is 0 Å². The molecule has 0 amide bonds. The Labute approximate surface area is 131 Å². The van der Waals surface area contributed by atoms with E-state index in [0.717, 1.165) is 23.0 Å². The molecule has 116 valence electrons. The second-order valence-electron chi connectivity index (χ2n) is 4.96. The number of ether oxygens (including phenoxy) is 1. The van der Waals surface area contributed by atoms with Gasteiger partial charge in [-0.15, -0.1) is 0 Å². The van der Waals surface area contributed by atoms with Crippen molar-refractivity contribution in [2.24, 2.45) is 4.99 Å². The highest BCUT2D eigenvalue weighted by Gasteiger charge is 2.02. The highest BCUT2D eigenvalue weighted by Crippen LogP contribution is 2.16. The van der Waals surface area contributed by atoms with Gasteiger partial charge in [-0.3, -0.25) is 9.98 Å². The molecule has 0 unspecified atom stereocenters. The second-order valence-corrected chi connectivity index (χ2v) is 4.96. The average molecular weight is 298 g/mol. The summed E-state index contributed by atoms with van der Waals surface area (Å²) >= 11 is 0. The number of hydrogen-bond acceptors (Lipinski definition) is 3. The highest BCUT2D eigenvalue weighted by atomic mass is 16.5. The first kappa shape index (κ1) is 15.8. The number of methoxy groups -OCH3 is 1. The molecule has 1 aromatic heterocycles. The van der Waals surface area contributed by atoms with Gasteiger partial charge in [-0.25, -0.2) is 0 Å². The minimum absolute atomic E-state index is 0.637. The first-order chi connectivity index (χ1) is 10.7. The van der Waals surface area contributed by atoms with Crippen LogP contribution in [0.1, 0.15) is 16.8 Å². The molecule has 0 saturated carbocycles. The van der Waals surface area contributed by atoms with Crippen LogP contribution in [0.3, 0.4) is 0 Å². The van der Waals surface area contributed by atoms with Gasteiger partial charge in [-0.2, -0.15) is 0 Å². The molecular formula is C17H22N4O. The largest absolute Gasteiger partial charge is 0.497 e. The molecule has 0 aliphatic heterocycles. The Bertz CT molecular complexity index is 626. The van der Waals surface area contributed by atoms with Crippen molar-refractivity contribution in [1.29, 1.82) is 0 Å². The van der Waals surface area contributed by atoms with E-state index in [1.54, 1.807) is 20.4 Å². The minimum atomic E-state index is 0.637. The fraction of sp³-hybridized carbons (Fsp3) is 0.294. The molecule has 0 saturated heterocycles. The van der Waals surface area contributed by atoms with Crippen LogP contribution in [0, 0.1) is 6.92 Å². The molecule has 0 atom stereocenters. The molecule has 2 rings (SSSR count). The number of nitrogens with one attached hydrogen (secondary N) is 2. The summed E-state index contributed by atoms with van der Waals surface area (Å²) in [7, 11) is 3.43. The molecule has 0 fully saturated rings. The van der Waals surface area contributed by atoms with Crippen LogP contribution in [-0.2, 0) is 13.1 Å². The zero-order valence-electron chi connectivity index (χ0n) is 13.3. The van der Waals surface area contributed by atoms with Gasteiger partial charge in [-0.05, 0) is 42.3 Å². The van der Waals surface area contributed by atoms with Crippen molar-refractivity contribution in [3.05, 3.63) is 59.4 Å². The Morgan fingerprint density at radius 3 is 2.68 bits per heavy atom. The summed E-state index contributed by atoms with van der Waals surface area (Å²) in [5, 5.41) is 6.53. The van der Waals surface area contributed by atoms with Crippen LogP contribution in [0.2, 0.25) is 0 Å². The molecule has 5 nitrogen and oxygen atoms in total. The summed E-state index contributed by atoms with van der Waals surface area (Å²) in [5.74, 6) is 1.61. The van der Waals surface area contributed by atoms with Crippen LogP contribution >= 0.6 is 0 Å². The quantitative estimate of drug-likeness (QED) is 0.657. The van der Waals surface area contributed by atoms with Gasteiger partial charge in [0.05, 0.1) is 19.3 Å². The van der Waals surface area contributed by atoms with Crippen molar-refractivity contribution in [3.8, 4) is 5.75 Å². The normalized spacial score (nSPS) is 11.1. The number of aliphatic imine (C=N–C) groups is 1. The van der Waals surface area contributed by atoms with E-state index >= 15 is 0 Å². The van der Waals surface area contributed by atoms with Crippen molar-refractivity contribution in [3.63, 3.8) is 0 Å². The Balaban J connectivity index is 1.90. The Morgan fingerprint density at radius 2 is 2.00 bits per heavy atom. The summed E-state index contributed by atoms with van der Waals surface area (Å²) < 4.78 is 5.29. The fourth-order valence-corrected chi connectivity index (χ4v) is 2.13. The van der Waals surface area contributed by atoms with E-state index in [1.807, 2.05) is 30.3 Å². The number of nitrogens with zero attached hydrogens (tertiary/aromatic N) is 2. The molecular weight excluding hydrogens is 276 g/mol. The molecule has 2 N–H and O–H groups in total. The Morgan fingerprint density at radius 1 is 1.18 bits per heavy atom. The number of aromatic nitrogens is 1. The highest BCUT2D eigenvalue weighted by molar-refractivity contribution is 5.79. The third-order valence-electron chi connectivity index (χ3n) is 3.19. The number of pyridine rings is 1. The lowest BCUT2D eigenvalue weighted by Crippen LogP contribution is -2.36. The van der Waals surface area contributed by atoms with Gasteiger partial charge < -0.3 is 15.4 Å². The van der Waals surface area contributed by atoms with Gasteiger partial charge in [0.15, 0.2) is 5.96 Å². The maximum Gasteiger partial charge on any atom is 0.191 e. The molecule has 0 aliphatic rings. The first-order valence-electron chi connectivity index (χ1n) is 7.20. The van der Waals surface area contributed by atoms with Crippen LogP contribution in [0.5, 0.6) is 5.75 Å². The number of benzene rings is 1. The Kier molecular flexibility index (Phi) is 5.77. The second kappa shape index (κ2) is 8.02. The minimum Gasteiger partial charge on any atom is -0.497 e. The lowest BCUT2D eigenvalue weighted by atomic mass is 10.1. The third-order valence-corrected chi connectivity index (χ3v) is 3.19. The molecule has 0 spiro atoms. The molecule has 22 heavy (non-hydrogen) atoms. The van der Waals surface area contributed by atoms with E-state index in [2.05, 4.69) is 33.6 Å². The third kappa shape index (κ3) is 4.77. The standard InChI is InChI=1S/C17H22N4O/c1-13-8-14(10-16(9-13)22-3)11-20-17(18-2)21-12-15-6-4-5-7-19-15/h4-10H,11-12H2,1-3H3,(H2,18,20,21). The summed E-state index contributed by atoms with van der Waals surface area (Å²) in [5.41, 5.74) is 3.30. The molecule has 0 radical (unpaired) electrons. The van der Waals surface area contributed by atoms with Crippen LogP contribution in [0.15, 0.2) is 47.6 Å². The number of aryl methyl sites for hydroxylation is 1. The molecule has 0 bridgehead atoms. The van der Waals surface area contributed by atoms with Gasteiger partial charge in [0.25, 0.3) is 0 Å². The van der Waals surface area contributed by atoms with Crippen molar-refractivity contribution in [1.82, 2.24) is 15.6 Å². The van der Waals surface area contributed by atoms with Crippen LogP contribution < -0.4 is 15.4 Å². The van der Waals surface area contributed by atoms with Crippen molar-refractivity contribution in [2.75, 3.05) is 14.2 Å². The van der Waals surface area contributed by atoms with Crippen molar-refractivity contribution < 1.29 is 4.74 Å². The lowest BCUT2D eigenvalue weighted by molar-refractivity contribution is 0.414. The van der Waals surface area contributed by atoms with E-state index in [-0.39, 0.29) is 0 Å². The summed E-state index contributed by atoms with van der Waals surface area (Å²) in [6.07, 6.45) is 1.78. The predicted octanol–water partition coefficient (Wildman–Crippen LogP) is 2.26. The zero-order chi connectivity index (χ0) is 15.8. The van der Waals surface area contributed by atoms with Gasteiger partial charge in [0, 0.05) is 19.8 Å². The number of guanidine groups is 1. The van der Waals surface area contributed by atoms with Crippen LogP contribution in [0.25, 0.3) is 0 Å². The van der Waals surface area contributed by atoms with Crippen molar-refractivity contribution in [2.45, 2.75) is 20.0 Å². The van der Waals surface area contributed by atoms with Crippen LogP contribution in [-0.4, -0.2) is 25.1 Å². The topological polar surface area (TPSA) is 58.5 Å². The number of rotatable bonds is 5. The molecule has 0 aliphatic carbocycles. The Hall–Kier alpha value is -2.56.